The lowest BCUT2D eigenvalue weighted by molar-refractivity contribution is -0.425. The van der Waals surface area contributed by atoms with Gasteiger partial charge in [0, 0.05) is 12.5 Å². The van der Waals surface area contributed by atoms with E-state index in [1.165, 1.54) is 6.08 Å². The number of nitrogens with zero attached hydrogens (tertiary/aromatic N) is 1. The Morgan fingerprint density at radius 1 is 1.59 bits per heavy atom. The summed E-state index contributed by atoms with van der Waals surface area (Å²) >= 11 is 5.98. The van der Waals surface area contributed by atoms with Crippen LogP contribution in [0.5, 0.6) is 11.5 Å². The molecule has 0 aliphatic carbocycles. The van der Waals surface area contributed by atoms with Gasteiger partial charge in [0.05, 0.1) is 9.95 Å². The van der Waals surface area contributed by atoms with Crippen molar-refractivity contribution in [3.63, 3.8) is 0 Å². The Labute approximate surface area is 103 Å². The number of halogens is 1. The monoisotopic (exact) mass is 255 g/mol. The van der Waals surface area contributed by atoms with Gasteiger partial charge in [-0.3, -0.25) is 10.1 Å². The van der Waals surface area contributed by atoms with Gasteiger partial charge in [0.2, 0.25) is 12.5 Å². The lowest BCUT2D eigenvalue weighted by Crippen LogP contribution is -1.96. The molecule has 6 heteroatoms. The molecule has 0 amide bonds. The van der Waals surface area contributed by atoms with Gasteiger partial charge >= 0.3 is 0 Å². The molecule has 5 nitrogen and oxygen atoms in total. The Kier molecular flexibility index (Phi) is 3.19. The third-order valence-electron chi connectivity index (χ3n) is 2.38. The van der Waals surface area contributed by atoms with Crippen LogP contribution in [0.2, 0.25) is 5.02 Å². The van der Waals surface area contributed by atoms with Crippen LogP contribution in [0, 0.1) is 10.1 Å². The summed E-state index contributed by atoms with van der Waals surface area (Å²) < 4.78 is 10.3. The molecule has 0 radical (unpaired) electrons. The minimum absolute atomic E-state index is 0.123. The highest BCUT2D eigenvalue weighted by Crippen LogP contribution is 2.40. The summed E-state index contributed by atoms with van der Waals surface area (Å²) in [5.74, 6) is 1.01. The molecule has 1 aromatic carbocycles. The maximum absolute atomic E-state index is 10.7. The maximum Gasteiger partial charge on any atom is 0.246 e. The predicted octanol–water partition coefficient (Wildman–Crippen LogP) is 3.10. The fourth-order valence-corrected chi connectivity index (χ4v) is 1.82. The molecule has 0 unspecified atom stereocenters. The zero-order valence-electron chi connectivity index (χ0n) is 9.10. The first-order chi connectivity index (χ1) is 8.11. The Hall–Kier alpha value is -1.75. The second-order valence-corrected chi connectivity index (χ2v) is 3.89. The molecule has 1 aliphatic heterocycles. The van der Waals surface area contributed by atoms with E-state index in [0.717, 1.165) is 0 Å². The lowest BCUT2D eigenvalue weighted by Gasteiger charge is -2.01. The van der Waals surface area contributed by atoms with E-state index in [1.807, 2.05) is 0 Å². The van der Waals surface area contributed by atoms with Gasteiger partial charge in [-0.2, -0.15) is 0 Å². The van der Waals surface area contributed by atoms with E-state index in [9.17, 15) is 10.1 Å². The van der Waals surface area contributed by atoms with E-state index in [4.69, 9.17) is 21.1 Å². The molecule has 2 rings (SSSR count). The zero-order chi connectivity index (χ0) is 12.4. The molecule has 0 fully saturated rings. The van der Waals surface area contributed by atoms with E-state index < -0.39 is 4.92 Å². The van der Waals surface area contributed by atoms with Crippen molar-refractivity contribution in [3.8, 4) is 11.5 Å². The van der Waals surface area contributed by atoms with E-state index in [1.54, 1.807) is 19.1 Å². The van der Waals surface area contributed by atoms with E-state index >= 15 is 0 Å². The van der Waals surface area contributed by atoms with Crippen molar-refractivity contribution in [1.29, 1.82) is 0 Å². The van der Waals surface area contributed by atoms with Crippen LogP contribution in [-0.4, -0.2) is 11.7 Å². The third kappa shape index (κ3) is 2.34. The summed E-state index contributed by atoms with van der Waals surface area (Å²) in [7, 11) is 0. The van der Waals surface area contributed by atoms with Gasteiger partial charge in [0.1, 0.15) is 0 Å². The van der Waals surface area contributed by atoms with Crippen LogP contribution in [-0.2, 0) is 0 Å². The molecule has 1 aromatic rings. The molecule has 0 N–H and O–H groups in total. The van der Waals surface area contributed by atoms with Gasteiger partial charge < -0.3 is 9.47 Å². The average Bonchev–Trinajstić information content (AvgIpc) is 2.74. The van der Waals surface area contributed by atoms with Gasteiger partial charge in [-0.1, -0.05) is 18.5 Å². The third-order valence-corrected chi connectivity index (χ3v) is 2.66. The van der Waals surface area contributed by atoms with Crippen molar-refractivity contribution >= 4 is 17.7 Å². The molecule has 0 bridgehead atoms. The highest BCUT2D eigenvalue weighted by Gasteiger charge is 2.18. The molecule has 1 heterocycles. The molecule has 0 spiro atoms. The summed E-state index contributed by atoms with van der Waals surface area (Å²) in [6.45, 7) is 1.85. The minimum atomic E-state index is -0.404. The van der Waals surface area contributed by atoms with Gasteiger partial charge in [0.15, 0.2) is 11.5 Å². The maximum atomic E-state index is 10.7. The second kappa shape index (κ2) is 4.63. The van der Waals surface area contributed by atoms with Crippen LogP contribution in [0.15, 0.2) is 17.8 Å². The van der Waals surface area contributed by atoms with Crippen LogP contribution in [0.4, 0.5) is 0 Å². The highest BCUT2D eigenvalue weighted by atomic mass is 35.5. The number of allylic oxidation sites excluding steroid dienone is 1. The van der Waals surface area contributed by atoms with Crippen molar-refractivity contribution in [3.05, 3.63) is 38.5 Å². The first-order valence-electron chi connectivity index (χ1n) is 5.06. The van der Waals surface area contributed by atoms with Gasteiger partial charge in [-0.15, -0.1) is 0 Å². The first kappa shape index (κ1) is 11.7. The van der Waals surface area contributed by atoms with Crippen molar-refractivity contribution in [2.75, 3.05) is 6.79 Å². The number of fused-ring (bicyclic) bond motifs is 1. The molecule has 0 saturated heterocycles. The fourth-order valence-electron chi connectivity index (χ4n) is 1.55. The largest absolute Gasteiger partial charge is 0.454 e. The quantitative estimate of drug-likeness (QED) is 0.615. The molecular formula is C11H10ClNO4. The summed E-state index contributed by atoms with van der Waals surface area (Å²) in [4.78, 5) is 10.3. The molecule has 90 valence electrons. The van der Waals surface area contributed by atoms with E-state index in [2.05, 4.69) is 0 Å². The summed E-state index contributed by atoms with van der Waals surface area (Å²) in [5.41, 5.74) is 0.757. The number of hydrogen-bond donors (Lipinski definition) is 0. The van der Waals surface area contributed by atoms with E-state index in [0.29, 0.717) is 28.5 Å². The lowest BCUT2D eigenvalue weighted by atomic mass is 10.1. The topological polar surface area (TPSA) is 61.6 Å². The predicted molar refractivity (Wildman–Crippen MR) is 62.8 cm³/mol. The number of rotatable bonds is 3. The normalized spacial score (nSPS) is 13.9. The van der Waals surface area contributed by atoms with Crippen molar-refractivity contribution in [1.82, 2.24) is 0 Å². The molecule has 0 aromatic heterocycles. The number of nitro groups is 1. The van der Waals surface area contributed by atoms with Crippen LogP contribution >= 0.6 is 11.6 Å². The standard InChI is InChI=1S/C11H10ClNO4/c1-2-8(13(14)15)3-7-4-9(12)11-10(5-7)16-6-17-11/h3-5H,2,6H2,1H3. The Morgan fingerprint density at radius 2 is 2.35 bits per heavy atom. The van der Waals surface area contributed by atoms with Crippen molar-refractivity contribution < 1.29 is 14.4 Å². The minimum Gasteiger partial charge on any atom is -0.454 e. The summed E-state index contributed by atoms with van der Waals surface area (Å²) in [5, 5.41) is 11.1. The van der Waals surface area contributed by atoms with Crippen LogP contribution < -0.4 is 9.47 Å². The molecule has 1 aliphatic rings. The summed E-state index contributed by atoms with van der Waals surface area (Å²) in [6, 6.07) is 3.29. The molecular weight excluding hydrogens is 246 g/mol. The SMILES string of the molecule is CCC(=Cc1cc(Cl)c2c(c1)OCO2)[N+](=O)[O-]. The Bertz CT molecular complexity index is 498. The Morgan fingerprint density at radius 3 is 3.00 bits per heavy atom. The molecule has 0 saturated carbocycles. The second-order valence-electron chi connectivity index (χ2n) is 3.48. The smallest absolute Gasteiger partial charge is 0.246 e. The van der Waals surface area contributed by atoms with Crippen molar-refractivity contribution in [2.45, 2.75) is 13.3 Å². The average molecular weight is 256 g/mol. The van der Waals surface area contributed by atoms with Crippen LogP contribution in [0.25, 0.3) is 6.08 Å². The number of benzene rings is 1. The van der Waals surface area contributed by atoms with Gasteiger partial charge in [-0.05, 0) is 17.7 Å². The van der Waals surface area contributed by atoms with Crippen LogP contribution in [0.1, 0.15) is 18.9 Å². The summed E-state index contributed by atoms with van der Waals surface area (Å²) in [6.07, 6.45) is 1.83. The zero-order valence-corrected chi connectivity index (χ0v) is 9.86. The fraction of sp³-hybridized carbons (Fsp3) is 0.273. The van der Waals surface area contributed by atoms with Crippen LogP contribution in [0.3, 0.4) is 0 Å². The van der Waals surface area contributed by atoms with Gasteiger partial charge in [-0.25, -0.2) is 0 Å². The van der Waals surface area contributed by atoms with Gasteiger partial charge in [0.25, 0.3) is 0 Å². The Balaban J connectivity index is 2.41. The highest BCUT2D eigenvalue weighted by molar-refractivity contribution is 6.32. The number of hydrogen-bond acceptors (Lipinski definition) is 4. The molecule has 0 atom stereocenters. The molecule has 17 heavy (non-hydrogen) atoms. The number of ether oxygens (including phenoxy) is 2. The van der Waals surface area contributed by atoms with Crippen molar-refractivity contribution in [2.24, 2.45) is 0 Å². The van der Waals surface area contributed by atoms with E-state index in [-0.39, 0.29) is 12.5 Å². The first-order valence-corrected chi connectivity index (χ1v) is 5.43.